The van der Waals surface area contributed by atoms with Gasteiger partial charge < -0.3 is 41.7 Å². The van der Waals surface area contributed by atoms with Crippen LogP contribution in [0.5, 0.6) is 0 Å². The molecule has 3 heterocycles. The quantitative estimate of drug-likeness (QED) is 0.0623. The molecule has 1 aliphatic carbocycles. The van der Waals surface area contributed by atoms with Crippen LogP contribution in [0.15, 0.2) is 0 Å². The SMILES string of the molecule is CC(NC(=O)CCCCC1SCC2NC(=O)NC21)C(=O)NC1CCC(CC2CN(CC(=O)O)CCN(CC(=O)O)CCN(CC(=O)O)CCN2CC(=O)O)CC1. The van der Waals surface area contributed by atoms with Crippen molar-refractivity contribution in [2.75, 3.05) is 77.7 Å². The average molecular weight is 813 g/mol. The number of nitrogens with zero attached hydrogens (tertiary/aromatic N) is 4. The number of amides is 4. The van der Waals surface area contributed by atoms with E-state index in [0.29, 0.717) is 37.4 Å². The number of fused-ring (bicyclic) bond motifs is 1. The van der Waals surface area contributed by atoms with Gasteiger partial charge in [-0.15, -0.1) is 0 Å². The molecule has 0 bridgehead atoms. The molecule has 4 fully saturated rings. The second kappa shape index (κ2) is 22.3. The van der Waals surface area contributed by atoms with Gasteiger partial charge in [0.2, 0.25) is 11.8 Å². The lowest BCUT2D eigenvalue weighted by atomic mass is 9.81. The molecule has 56 heavy (non-hydrogen) atoms. The van der Waals surface area contributed by atoms with Crippen molar-refractivity contribution < 1.29 is 54.0 Å². The van der Waals surface area contributed by atoms with Crippen molar-refractivity contribution in [2.24, 2.45) is 5.92 Å². The lowest BCUT2D eigenvalue weighted by Crippen LogP contribution is -2.53. The van der Waals surface area contributed by atoms with Gasteiger partial charge in [0.15, 0.2) is 0 Å². The van der Waals surface area contributed by atoms with Crippen LogP contribution in [0.3, 0.4) is 0 Å². The minimum Gasteiger partial charge on any atom is -0.480 e. The predicted octanol–water partition coefficient (Wildman–Crippen LogP) is -0.789. The van der Waals surface area contributed by atoms with Gasteiger partial charge in [-0.25, -0.2) is 4.79 Å². The van der Waals surface area contributed by atoms with Crippen LogP contribution in [-0.4, -0.2) is 195 Å². The summed E-state index contributed by atoms with van der Waals surface area (Å²) in [7, 11) is 0. The summed E-state index contributed by atoms with van der Waals surface area (Å²) in [5.41, 5.74) is 0. The van der Waals surface area contributed by atoms with Crippen LogP contribution in [0, 0.1) is 5.92 Å². The monoisotopic (exact) mass is 812 g/mol. The number of urea groups is 1. The molecular formula is C36H60N8O11S. The topological polar surface area (TPSA) is 261 Å². The van der Waals surface area contributed by atoms with Crippen LogP contribution in [-0.2, 0) is 28.8 Å². The summed E-state index contributed by atoms with van der Waals surface area (Å²) in [5, 5.41) is 50.7. The van der Waals surface area contributed by atoms with Gasteiger partial charge in [-0.3, -0.25) is 48.4 Å². The third-order valence-electron chi connectivity index (χ3n) is 11.2. The molecule has 0 radical (unpaired) electrons. The number of nitrogens with one attached hydrogen (secondary N) is 4. The largest absolute Gasteiger partial charge is 0.480 e. The van der Waals surface area contributed by atoms with Gasteiger partial charge in [-0.1, -0.05) is 6.42 Å². The molecule has 316 valence electrons. The number of thioether (sulfide) groups is 1. The zero-order valence-electron chi connectivity index (χ0n) is 32.2. The molecule has 0 aromatic heterocycles. The zero-order valence-corrected chi connectivity index (χ0v) is 33.1. The van der Waals surface area contributed by atoms with Crippen molar-refractivity contribution in [2.45, 2.75) is 100 Å². The number of carbonyl (C=O) groups is 7. The van der Waals surface area contributed by atoms with Crippen LogP contribution in [0.25, 0.3) is 0 Å². The standard InChI is InChI=1S/C36H60N8O11S/c1-23(37-29(45)5-3-2-4-28-34-27(22-56-28)39-36(55)40-34)35(54)38-25-8-6-24(7-9-25)16-26-17-43(20-32(50)51)13-12-41(18-30(46)47)10-11-42(19-31(48)49)14-15-44(26)21-33(52)53/h23-28,34H,2-22H2,1H3,(H,37,45)(H,38,54)(H,46,47)(H,48,49)(H,50,51)(H,52,53)(H2,39,40,55). The first-order chi connectivity index (χ1) is 26.6. The maximum atomic E-state index is 13.0. The van der Waals surface area contributed by atoms with E-state index in [1.54, 1.807) is 26.5 Å². The highest BCUT2D eigenvalue weighted by Gasteiger charge is 2.42. The third-order valence-corrected chi connectivity index (χ3v) is 12.7. The van der Waals surface area contributed by atoms with Gasteiger partial charge in [0.25, 0.3) is 0 Å². The van der Waals surface area contributed by atoms with Gasteiger partial charge in [-0.2, -0.15) is 11.8 Å². The van der Waals surface area contributed by atoms with Crippen molar-refractivity contribution in [1.82, 2.24) is 40.9 Å². The van der Waals surface area contributed by atoms with Gasteiger partial charge in [-0.05, 0) is 57.8 Å². The van der Waals surface area contributed by atoms with Crippen LogP contribution < -0.4 is 21.3 Å². The lowest BCUT2D eigenvalue weighted by Gasteiger charge is -2.40. The summed E-state index contributed by atoms with van der Waals surface area (Å²) in [6.07, 6.45) is 6.11. The molecule has 0 aromatic rings. The molecule has 0 spiro atoms. The fraction of sp³-hybridized carbons (Fsp3) is 0.806. The predicted molar refractivity (Wildman–Crippen MR) is 205 cm³/mol. The molecule has 3 saturated heterocycles. The Hall–Kier alpha value is -3.72. The molecule has 1 saturated carbocycles. The Kier molecular flexibility index (Phi) is 17.9. The van der Waals surface area contributed by atoms with E-state index < -0.39 is 29.9 Å². The smallest absolute Gasteiger partial charge is 0.317 e. The minimum atomic E-state index is -1.06. The molecule has 4 rings (SSSR count). The molecule has 4 amide bonds. The Morgan fingerprint density at radius 3 is 1.95 bits per heavy atom. The molecular weight excluding hydrogens is 753 g/mol. The van der Waals surface area contributed by atoms with Gasteiger partial charge in [0.1, 0.15) is 6.04 Å². The van der Waals surface area contributed by atoms with Crippen LogP contribution >= 0.6 is 11.8 Å². The molecule has 0 aromatic carbocycles. The number of unbranched alkanes of at least 4 members (excludes halogenated alkanes) is 1. The summed E-state index contributed by atoms with van der Waals surface area (Å²) in [6.45, 7) is 2.07. The number of hydrogen-bond acceptors (Lipinski definition) is 12. The second-order valence-corrected chi connectivity index (χ2v) is 16.9. The Labute approximate surface area is 331 Å². The average Bonchev–Trinajstić information content (AvgIpc) is 3.67. The Morgan fingerprint density at radius 1 is 0.768 bits per heavy atom. The number of rotatable bonds is 18. The lowest BCUT2D eigenvalue weighted by molar-refractivity contribution is -0.142. The zero-order chi connectivity index (χ0) is 40.8. The van der Waals surface area contributed by atoms with Crippen molar-refractivity contribution >= 4 is 53.5 Å². The number of aliphatic carboxylic acids is 4. The Bertz CT molecular complexity index is 1390. The van der Waals surface area contributed by atoms with E-state index >= 15 is 0 Å². The molecule has 5 atom stereocenters. The first-order valence-corrected chi connectivity index (χ1v) is 20.8. The van der Waals surface area contributed by atoms with E-state index in [0.717, 1.165) is 31.4 Å². The van der Waals surface area contributed by atoms with Crippen molar-refractivity contribution in [3.05, 3.63) is 0 Å². The van der Waals surface area contributed by atoms with Gasteiger partial charge in [0, 0.05) is 75.3 Å². The van der Waals surface area contributed by atoms with Gasteiger partial charge in [0.05, 0.1) is 38.3 Å². The highest BCUT2D eigenvalue weighted by Crippen LogP contribution is 2.33. The van der Waals surface area contributed by atoms with Crippen LogP contribution in [0.2, 0.25) is 0 Å². The molecule has 4 aliphatic rings. The normalized spacial score (nSPS) is 27.8. The van der Waals surface area contributed by atoms with Crippen molar-refractivity contribution in [1.29, 1.82) is 0 Å². The summed E-state index contributed by atoms with van der Waals surface area (Å²) in [6, 6.07) is -1.02. The first-order valence-electron chi connectivity index (χ1n) is 19.7. The van der Waals surface area contributed by atoms with E-state index in [-0.39, 0.29) is 120 Å². The summed E-state index contributed by atoms with van der Waals surface area (Å²) in [5.74, 6) is -3.65. The molecule has 3 aliphatic heterocycles. The van der Waals surface area contributed by atoms with E-state index in [2.05, 4.69) is 21.3 Å². The van der Waals surface area contributed by atoms with Crippen molar-refractivity contribution in [3.8, 4) is 0 Å². The summed E-state index contributed by atoms with van der Waals surface area (Å²) in [4.78, 5) is 91.3. The molecule has 19 nitrogen and oxygen atoms in total. The van der Waals surface area contributed by atoms with Gasteiger partial charge >= 0.3 is 29.9 Å². The fourth-order valence-corrected chi connectivity index (χ4v) is 9.84. The Morgan fingerprint density at radius 2 is 1.34 bits per heavy atom. The first kappa shape index (κ1) is 45.0. The van der Waals surface area contributed by atoms with E-state index in [1.165, 1.54) is 0 Å². The highest BCUT2D eigenvalue weighted by atomic mass is 32.2. The number of carboxylic acids is 4. The minimum absolute atomic E-state index is 0.101. The van der Waals surface area contributed by atoms with Crippen LogP contribution in [0.1, 0.15) is 64.7 Å². The third kappa shape index (κ3) is 15.3. The summed E-state index contributed by atoms with van der Waals surface area (Å²) >= 11 is 1.84. The number of carbonyl (C=O) groups excluding carboxylic acids is 3. The van der Waals surface area contributed by atoms with Crippen LogP contribution in [0.4, 0.5) is 4.79 Å². The van der Waals surface area contributed by atoms with Crippen molar-refractivity contribution in [3.63, 3.8) is 0 Å². The molecule has 5 unspecified atom stereocenters. The molecule has 8 N–H and O–H groups in total. The Balaban J connectivity index is 1.28. The summed E-state index contributed by atoms with van der Waals surface area (Å²) < 4.78 is 0. The maximum absolute atomic E-state index is 13.0. The molecule has 20 heteroatoms. The van der Waals surface area contributed by atoms with E-state index in [4.69, 9.17) is 0 Å². The van der Waals surface area contributed by atoms with E-state index in [9.17, 15) is 54.0 Å². The van der Waals surface area contributed by atoms with E-state index in [1.807, 2.05) is 11.8 Å². The highest BCUT2D eigenvalue weighted by molar-refractivity contribution is 8.00. The number of hydrogen-bond donors (Lipinski definition) is 8. The fourth-order valence-electron chi connectivity index (χ4n) is 8.29. The second-order valence-electron chi connectivity index (χ2n) is 15.6. The number of carboxylic acid groups (broad SMARTS) is 4. The maximum Gasteiger partial charge on any atom is 0.317 e.